The Kier molecular flexibility index (Phi) is 7.60. The maximum absolute atomic E-state index is 12.5. The summed E-state index contributed by atoms with van der Waals surface area (Å²) in [5, 5.41) is 5.24. The first-order valence-electron chi connectivity index (χ1n) is 9.39. The first-order valence-corrected chi connectivity index (χ1v) is 11.7. The smallest absolute Gasteiger partial charge is 0.322 e. The number of rotatable bonds is 10. The lowest BCUT2D eigenvalue weighted by Crippen LogP contribution is -2.51. The molecule has 0 atom stereocenters. The van der Waals surface area contributed by atoms with Crippen LogP contribution in [-0.2, 0) is 29.4 Å². The number of thioether (sulfide) groups is 2. The average Bonchev–Trinajstić information content (AvgIpc) is 3.02. The molecule has 2 aromatic carbocycles. The van der Waals surface area contributed by atoms with Crippen molar-refractivity contribution >= 4 is 35.5 Å². The molecule has 0 radical (unpaired) electrons. The number of imide groups is 1. The van der Waals surface area contributed by atoms with Gasteiger partial charge in [0.1, 0.15) is 5.54 Å². The van der Waals surface area contributed by atoms with Gasteiger partial charge in [-0.1, -0.05) is 48.5 Å². The third-order valence-corrected chi connectivity index (χ3v) is 7.24. The van der Waals surface area contributed by atoms with Gasteiger partial charge in [0.15, 0.2) is 0 Å². The van der Waals surface area contributed by atoms with Crippen molar-refractivity contribution in [2.45, 2.75) is 30.1 Å². The minimum atomic E-state index is -0.888. The molecule has 0 spiro atoms. The predicted octanol–water partition coefficient (Wildman–Crippen LogP) is 2.35. The fourth-order valence-corrected chi connectivity index (χ4v) is 5.50. The summed E-state index contributed by atoms with van der Waals surface area (Å²) in [6.07, 6.45) is 0. The van der Waals surface area contributed by atoms with Crippen molar-refractivity contribution in [3.8, 4) is 0 Å². The molecular weight excluding hydrogens is 404 g/mol. The van der Waals surface area contributed by atoms with Crippen LogP contribution in [0.25, 0.3) is 0 Å². The zero-order valence-corrected chi connectivity index (χ0v) is 17.8. The van der Waals surface area contributed by atoms with Gasteiger partial charge in [0.05, 0.1) is 0 Å². The van der Waals surface area contributed by atoms with Crippen LogP contribution >= 0.6 is 23.5 Å². The predicted molar refractivity (Wildman–Crippen MR) is 120 cm³/mol. The molecule has 154 valence electrons. The number of nitrogens with two attached hydrogens (primary N) is 2. The van der Waals surface area contributed by atoms with E-state index in [1.165, 1.54) is 11.1 Å². The van der Waals surface area contributed by atoms with Gasteiger partial charge in [-0.25, -0.2) is 4.79 Å². The number of amides is 3. The van der Waals surface area contributed by atoms with Crippen LogP contribution in [0.5, 0.6) is 0 Å². The van der Waals surface area contributed by atoms with Gasteiger partial charge in [0, 0.05) is 36.1 Å². The fourth-order valence-electron chi connectivity index (χ4n) is 3.00. The summed E-state index contributed by atoms with van der Waals surface area (Å²) in [4.78, 5) is 24.3. The van der Waals surface area contributed by atoms with E-state index in [1.54, 1.807) is 23.5 Å². The Morgan fingerprint density at radius 2 is 1.14 bits per heavy atom. The summed E-state index contributed by atoms with van der Waals surface area (Å²) >= 11 is 3.28. The maximum atomic E-state index is 12.5. The van der Waals surface area contributed by atoms with Crippen molar-refractivity contribution in [1.82, 2.24) is 10.6 Å². The molecule has 1 heterocycles. The molecule has 0 aliphatic carbocycles. The summed E-state index contributed by atoms with van der Waals surface area (Å²) in [6.45, 7) is 1.05. The Bertz CT molecular complexity index is 787. The van der Waals surface area contributed by atoms with Gasteiger partial charge in [-0.2, -0.15) is 23.5 Å². The van der Waals surface area contributed by atoms with Crippen LogP contribution in [-0.4, -0.2) is 29.0 Å². The molecule has 0 saturated carbocycles. The molecule has 6 N–H and O–H groups in total. The zero-order chi connectivity index (χ0) is 20.7. The van der Waals surface area contributed by atoms with E-state index in [1.807, 2.05) is 24.3 Å². The highest BCUT2D eigenvalue weighted by molar-refractivity contribution is 7.99. The number of hydrogen-bond donors (Lipinski definition) is 4. The minimum Gasteiger partial charge on any atom is -0.326 e. The van der Waals surface area contributed by atoms with Gasteiger partial charge in [-0.15, -0.1) is 0 Å². The SMILES string of the molecule is NCc1ccc(CSCC2(CSCc3ccc(CN)cc3)NC(=O)NC2=O)cc1. The largest absolute Gasteiger partial charge is 0.326 e. The van der Waals surface area contributed by atoms with Crippen LogP contribution < -0.4 is 22.1 Å². The van der Waals surface area contributed by atoms with E-state index < -0.39 is 11.6 Å². The molecule has 3 rings (SSSR count). The number of urea groups is 1. The topological polar surface area (TPSA) is 110 Å². The Hall–Kier alpha value is -2.00. The number of nitrogens with one attached hydrogen (secondary N) is 2. The van der Waals surface area contributed by atoms with Crippen molar-refractivity contribution in [3.05, 3.63) is 70.8 Å². The number of carbonyl (C=O) groups excluding carboxylic acids is 2. The van der Waals surface area contributed by atoms with E-state index in [4.69, 9.17) is 11.5 Å². The van der Waals surface area contributed by atoms with Gasteiger partial charge < -0.3 is 16.8 Å². The van der Waals surface area contributed by atoms with Gasteiger partial charge in [0.2, 0.25) is 0 Å². The third-order valence-electron chi connectivity index (χ3n) is 4.77. The molecule has 1 aliphatic rings. The average molecular weight is 431 g/mol. The lowest BCUT2D eigenvalue weighted by Gasteiger charge is -2.25. The van der Waals surface area contributed by atoms with Gasteiger partial charge in [-0.05, 0) is 22.3 Å². The van der Waals surface area contributed by atoms with E-state index >= 15 is 0 Å². The molecule has 8 heteroatoms. The number of carbonyl (C=O) groups is 2. The molecule has 1 saturated heterocycles. The van der Waals surface area contributed by atoms with Crippen molar-refractivity contribution < 1.29 is 9.59 Å². The van der Waals surface area contributed by atoms with E-state index in [0.29, 0.717) is 24.6 Å². The molecule has 1 aliphatic heterocycles. The summed E-state index contributed by atoms with van der Waals surface area (Å²) in [6, 6.07) is 15.8. The van der Waals surface area contributed by atoms with Gasteiger partial charge in [-0.3, -0.25) is 10.1 Å². The molecular formula is C21H26N4O2S2. The zero-order valence-electron chi connectivity index (χ0n) is 16.1. The van der Waals surface area contributed by atoms with Crippen LogP contribution in [0.15, 0.2) is 48.5 Å². The fraction of sp³-hybridized carbons (Fsp3) is 0.333. The van der Waals surface area contributed by atoms with Crippen molar-refractivity contribution in [3.63, 3.8) is 0 Å². The lowest BCUT2D eigenvalue weighted by atomic mass is 10.1. The quantitative estimate of drug-likeness (QED) is 0.431. The first kappa shape index (κ1) is 21.7. The number of hydrogen-bond acceptors (Lipinski definition) is 6. The maximum Gasteiger partial charge on any atom is 0.322 e. The van der Waals surface area contributed by atoms with E-state index in [2.05, 4.69) is 34.9 Å². The first-order chi connectivity index (χ1) is 14.0. The lowest BCUT2D eigenvalue weighted by molar-refractivity contribution is -0.122. The van der Waals surface area contributed by atoms with E-state index in [-0.39, 0.29) is 5.91 Å². The summed E-state index contributed by atoms with van der Waals surface area (Å²) in [5.74, 6) is 2.31. The molecule has 0 unspecified atom stereocenters. The molecule has 0 aromatic heterocycles. The summed E-state index contributed by atoms with van der Waals surface area (Å²) < 4.78 is 0. The Morgan fingerprint density at radius 3 is 1.48 bits per heavy atom. The highest BCUT2D eigenvalue weighted by Crippen LogP contribution is 2.26. The highest BCUT2D eigenvalue weighted by Gasteiger charge is 2.45. The number of benzene rings is 2. The van der Waals surface area contributed by atoms with Crippen LogP contribution in [0.4, 0.5) is 4.79 Å². The molecule has 6 nitrogen and oxygen atoms in total. The Morgan fingerprint density at radius 1 is 0.724 bits per heavy atom. The van der Waals surface area contributed by atoms with Crippen molar-refractivity contribution in [2.75, 3.05) is 11.5 Å². The second kappa shape index (κ2) is 10.2. The van der Waals surface area contributed by atoms with Gasteiger partial charge in [0.25, 0.3) is 5.91 Å². The van der Waals surface area contributed by atoms with E-state index in [9.17, 15) is 9.59 Å². The second-order valence-corrected chi connectivity index (χ2v) is 8.99. The van der Waals surface area contributed by atoms with Crippen LogP contribution in [0.3, 0.4) is 0 Å². The molecule has 2 aromatic rings. The summed E-state index contributed by atoms with van der Waals surface area (Å²) in [7, 11) is 0. The van der Waals surface area contributed by atoms with Gasteiger partial charge >= 0.3 is 6.03 Å². The normalized spacial score (nSPS) is 15.2. The Labute approximate surface area is 179 Å². The van der Waals surface area contributed by atoms with Crippen LogP contribution in [0.1, 0.15) is 22.3 Å². The molecule has 29 heavy (non-hydrogen) atoms. The second-order valence-electron chi connectivity index (χ2n) is 7.02. The molecule has 3 amide bonds. The van der Waals surface area contributed by atoms with Crippen molar-refractivity contribution in [2.24, 2.45) is 11.5 Å². The molecule has 1 fully saturated rings. The summed E-state index contributed by atoms with van der Waals surface area (Å²) in [5.41, 5.74) is 14.9. The standard InChI is InChI=1S/C21H26N4O2S2/c22-9-15-1-5-17(6-2-15)11-28-13-21(19(26)24-20(27)25-21)14-29-12-18-7-3-16(10-23)4-8-18/h1-8H,9-14,22-23H2,(H2,24,25,26,27). The third kappa shape index (κ3) is 5.76. The highest BCUT2D eigenvalue weighted by atomic mass is 32.2. The molecule has 0 bridgehead atoms. The van der Waals surface area contributed by atoms with Crippen LogP contribution in [0, 0.1) is 0 Å². The van der Waals surface area contributed by atoms with E-state index in [0.717, 1.165) is 22.6 Å². The monoisotopic (exact) mass is 430 g/mol. The van der Waals surface area contributed by atoms with Crippen LogP contribution in [0.2, 0.25) is 0 Å². The minimum absolute atomic E-state index is 0.251. The Balaban J connectivity index is 1.56. The van der Waals surface area contributed by atoms with Crippen molar-refractivity contribution in [1.29, 1.82) is 0 Å².